The molecule has 4 rings (SSSR count). The van der Waals surface area contributed by atoms with Crippen LogP contribution in [0.3, 0.4) is 0 Å². The fraction of sp³-hybridized carbons (Fsp3) is 0.292. The van der Waals surface area contributed by atoms with Crippen LogP contribution in [0.25, 0.3) is 17.0 Å². The second kappa shape index (κ2) is 7.76. The molecule has 0 atom stereocenters. The van der Waals surface area contributed by atoms with Crippen LogP contribution in [-0.4, -0.2) is 43.0 Å². The van der Waals surface area contributed by atoms with Gasteiger partial charge in [0.1, 0.15) is 11.5 Å². The summed E-state index contributed by atoms with van der Waals surface area (Å²) in [5, 5.41) is 1.05. The number of nitrogens with zero attached hydrogens (tertiary/aromatic N) is 2. The standard InChI is InChI=1S/C24H26N2O3/c1-16-6-8-19-22(12-16)29-23(24(19)27)13-17-15-26(11-5-10-25(2)3)21-9-7-18(28-4)14-20(17)21/h6-9,12-15H,5,10-11H2,1-4H3. The average Bonchev–Trinajstić information content (AvgIpc) is 3.19. The van der Waals surface area contributed by atoms with Crippen molar-refractivity contribution in [2.24, 2.45) is 0 Å². The van der Waals surface area contributed by atoms with E-state index in [9.17, 15) is 4.79 Å². The van der Waals surface area contributed by atoms with Crippen LogP contribution in [0.15, 0.2) is 48.4 Å². The van der Waals surface area contributed by atoms with Gasteiger partial charge in [0, 0.05) is 29.2 Å². The first kappa shape index (κ1) is 19.3. The Hall–Kier alpha value is -3.05. The van der Waals surface area contributed by atoms with E-state index in [1.807, 2.05) is 43.3 Å². The quantitative estimate of drug-likeness (QED) is 0.580. The molecule has 29 heavy (non-hydrogen) atoms. The van der Waals surface area contributed by atoms with Crippen LogP contribution in [0.5, 0.6) is 11.5 Å². The van der Waals surface area contributed by atoms with Gasteiger partial charge in [-0.15, -0.1) is 0 Å². The molecule has 5 nitrogen and oxygen atoms in total. The lowest BCUT2D eigenvalue weighted by atomic mass is 10.1. The van der Waals surface area contributed by atoms with Crippen LogP contribution in [0.2, 0.25) is 0 Å². The van der Waals surface area contributed by atoms with Gasteiger partial charge in [-0.2, -0.15) is 0 Å². The van der Waals surface area contributed by atoms with Gasteiger partial charge in [-0.1, -0.05) is 6.07 Å². The van der Waals surface area contributed by atoms with Crippen LogP contribution in [0.4, 0.5) is 0 Å². The van der Waals surface area contributed by atoms with Gasteiger partial charge in [-0.25, -0.2) is 0 Å². The molecule has 0 amide bonds. The molecule has 1 aromatic heterocycles. The van der Waals surface area contributed by atoms with Gasteiger partial charge in [-0.3, -0.25) is 4.79 Å². The van der Waals surface area contributed by atoms with Crippen LogP contribution in [0.1, 0.15) is 27.9 Å². The Morgan fingerprint density at radius 3 is 2.76 bits per heavy atom. The molecule has 0 fully saturated rings. The summed E-state index contributed by atoms with van der Waals surface area (Å²) in [7, 11) is 5.82. The number of carbonyl (C=O) groups excluding carboxylic acids is 1. The van der Waals surface area contributed by atoms with Crippen molar-refractivity contribution >= 4 is 22.8 Å². The Bertz CT molecular complexity index is 1110. The highest BCUT2D eigenvalue weighted by Gasteiger charge is 2.27. The third-order valence-corrected chi connectivity index (χ3v) is 5.24. The number of Topliss-reactive ketones (excluding diaryl/α,β-unsaturated/α-hetero) is 1. The summed E-state index contributed by atoms with van der Waals surface area (Å²) in [5.74, 6) is 1.71. The van der Waals surface area contributed by atoms with Crippen molar-refractivity contribution in [1.29, 1.82) is 0 Å². The van der Waals surface area contributed by atoms with E-state index in [1.165, 1.54) is 0 Å². The third-order valence-electron chi connectivity index (χ3n) is 5.24. The Morgan fingerprint density at radius 2 is 2.00 bits per heavy atom. The molecule has 0 unspecified atom stereocenters. The summed E-state index contributed by atoms with van der Waals surface area (Å²) >= 11 is 0. The molecule has 1 aliphatic heterocycles. The topological polar surface area (TPSA) is 43.7 Å². The van der Waals surface area contributed by atoms with Crippen LogP contribution in [-0.2, 0) is 6.54 Å². The van der Waals surface area contributed by atoms with Gasteiger partial charge in [0.25, 0.3) is 0 Å². The molecule has 0 N–H and O–H groups in total. The Labute approximate surface area is 171 Å². The highest BCUT2D eigenvalue weighted by molar-refractivity contribution is 6.15. The number of aryl methyl sites for hydroxylation is 2. The van der Waals surface area contributed by atoms with Crippen molar-refractivity contribution in [1.82, 2.24) is 9.47 Å². The maximum absolute atomic E-state index is 12.8. The zero-order chi connectivity index (χ0) is 20.5. The predicted octanol–water partition coefficient (Wildman–Crippen LogP) is 4.53. The zero-order valence-electron chi connectivity index (χ0n) is 17.4. The number of fused-ring (bicyclic) bond motifs is 2. The summed E-state index contributed by atoms with van der Waals surface area (Å²) in [6.45, 7) is 3.91. The number of carbonyl (C=O) groups is 1. The van der Waals surface area contributed by atoms with Crippen LogP contribution < -0.4 is 9.47 Å². The molecule has 0 bridgehead atoms. The van der Waals surface area contributed by atoms with Gasteiger partial charge in [-0.05, 0) is 76.0 Å². The minimum atomic E-state index is -0.0728. The van der Waals surface area contributed by atoms with Crippen LogP contribution >= 0.6 is 0 Å². The van der Waals surface area contributed by atoms with E-state index in [0.29, 0.717) is 17.1 Å². The summed E-state index contributed by atoms with van der Waals surface area (Å²) < 4.78 is 13.6. The van der Waals surface area contributed by atoms with E-state index in [1.54, 1.807) is 7.11 Å². The third kappa shape index (κ3) is 3.78. The number of ether oxygens (including phenoxy) is 2. The fourth-order valence-electron chi connectivity index (χ4n) is 3.72. The Kier molecular flexibility index (Phi) is 5.16. The normalized spacial score (nSPS) is 14.7. The van der Waals surface area contributed by atoms with Crippen molar-refractivity contribution < 1.29 is 14.3 Å². The van der Waals surface area contributed by atoms with Gasteiger partial charge in [0.2, 0.25) is 5.78 Å². The predicted molar refractivity (Wildman–Crippen MR) is 116 cm³/mol. The van der Waals surface area contributed by atoms with E-state index in [0.717, 1.165) is 47.3 Å². The minimum absolute atomic E-state index is 0.0728. The molecule has 0 spiro atoms. The fourth-order valence-corrected chi connectivity index (χ4v) is 3.72. The lowest BCUT2D eigenvalue weighted by Gasteiger charge is -2.10. The van der Waals surface area contributed by atoms with E-state index in [2.05, 4.69) is 35.8 Å². The largest absolute Gasteiger partial charge is 0.497 e. The lowest BCUT2D eigenvalue weighted by Crippen LogP contribution is -2.14. The summed E-state index contributed by atoms with van der Waals surface area (Å²) in [6.07, 6.45) is 4.98. The van der Waals surface area contributed by atoms with E-state index in [4.69, 9.17) is 9.47 Å². The molecule has 2 aromatic carbocycles. The molecule has 0 aliphatic carbocycles. The van der Waals surface area contributed by atoms with Crippen LogP contribution in [0, 0.1) is 6.92 Å². The maximum atomic E-state index is 12.8. The monoisotopic (exact) mass is 390 g/mol. The van der Waals surface area contributed by atoms with Gasteiger partial charge >= 0.3 is 0 Å². The van der Waals surface area contributed by atoms with Gasteiger partial charge in [0.15, 0.2) is 5.76 Å². The smallest absolute Gasteiger partial charge is 0.231 e. The summed E-state index contributed by atoms with van der Waals surface area (Å²) in [4.78, 5) is 15.0. The molecule has 5 heteroatoms. The van der Waals surface area contributed by atoms with Crippen molar-refractivity contribution in [3.05, 3.63) is 65.0 Å². The van der Waals surface area contributed by atoms with Crippen molar-refractivity contribution in [2.45, 2.75) is 19.9 Å². The van der Waals surface area contributed by atoms with Crippen molar-refractivity contribution in [2.75, 3.05) is 27.7 Å². The molecule has 150 valence electrons. The lowest BCUT2D eigenvalue weighted by molar-refractivity contribution is 0.101. The number of rotatable bonds is 6. The van der Waals surface area contributed by atoms with Gasteiger partial charge in [0.05, 0.1) is 12.7 Å². The number of ketones is 1. The zero-order valence-corrected chi connectivity index (χ0v) is 17.4. The molecular weight excluding hydrogens is 364 g/mol. The SMILES string of the molecule is COc1ccc2c(c1)c(C=C1Oc3cc(C)ccc3C1=O)cn2CCCN(C)C. The molecule has 1 aliphatic rings. The number of benzene rings is 2. The first-order valence-corrected chi connectivity index (χ1v) is 9.83. The van der Waals surface area contributed by atoms with E-state index in [-0.39, 0.29) is 5.78 Å². The second-order valence-corrected chi connectivity index (χ2v) is 7.76. The second-order valence-electron chi connectivity index (χ2n) is 7.76. The van der Waals surface area contributed by atoms with Gasteiger partial charge < -0.3 is 18.9 Å². The summed E-state index contributed by atoms with van der Waals surface area (Å²) in [5.41, 5.74) is 3.76. The maximum Gasteiger partial charge on any atom is 0.231 e. The molecule has 3 aromatic rings. The molecule has 0 saturated carbocycles. The first-order chi connectivity index (χ1) is 14.0. The summed E-state index contributed by atoms with van der Waals surface area (Å²) in [6, 6.07) is 11.7. The Balaban J connectivity index is 1.73. The number of methoxy groups -OCH3 is 1. The number of allylic oxidation sites excluding steroid dienone is 1. The molecule has 0 saturated heterocycles. The highest BCUT2D eigenvalue weighted by Crippen LogP contribution is 2.34. The van der Waals surface area contributed by atoms with E-state index >= 15 is 0 Å². The number of hydrogen-bond donors (Lipinski definition) is 0. The molecular formula is C24H26N2O3. The first-order valence-electron chi connectivity index (χ1n) is 9.83. The minimum Gasteiger partial charge on any atom is -0.497 e. The highest BCUT2D eigenvalue weighted by atomic mass is 16.5. The van der Waals surface area contributed by atoms with E-state index < -0.39 is 0 Å². The number of aromatic nitrogens is 1. The Morgan fingerprint density at radius 1 is 1.17 bits per heavy atom. The molecule has 2 heterocycles. The van der Waals surface area contributed by atoms with Crippen molar-refractivity contribution in [3.8, 4) is 11.5 Å². The number of hydrogen-bond acceptors (Lipinski definition) is 4. The van der Waals surface area contributed by atoms with Crippen molar-refractivity contribution in [3.63, 3.8) is 0 Å². The average molecular weight is 390 g/mol. The molecule has 0 radical (unpaired) electrons.